The summed E-state index contributed by atoms with van der Waals surface area (Å²) in [6.45, 7) is 14.9. The maximum absolute atomic E-state index is 6.06. The van der Waals surface area contributed by atoms with Gasteiger partial charge in [0, 0.05) is 56.6 Å². The molecular weight excluding hydrogens is 317 g/mol. The Kier molecular flexibility index (Phi) is 5.08. The Hall–Kier alpha value is -1.22. The van der Waals surface area contributed by atoms with Crippen LogP contribution >= 0.6 is 0 Å². The smallest absolute Gasteiger partial charge is 0.399 e. The second-order valence-electron chi connectivity index (χ2n) is 8.04. The quantitative estimate of drug-likeness (QED) is 0.782. The summed E-state index contributed by atoms with van der Waals surface area (Å²) in [6, 6.07) is 0.364. The Morgan fingerprint density at radius 3 is 2.28 bits per heavy atom. The third-order valence-corrected chi connectivity index (χ3v) is 5.60. The summed E-state index contributed by atoms with van der Waals surface area (Å²) in [5.41, 5.74) is 5.81. The average Bonchev–Trinajstić information content (AvgIpc) is 2.76. The highest BCUT2D eigenvalue weighted by molar-refractivity contribution is 6.61. The molecular formula is C17H30BN5O2. The van der Waals surface area contributed by atoms with E-state index in [1.54, 1.807) is 0 Å². The molecule has 1 aromatic heterocycles. The molecule has 0 aromatic carbocycles. The second-order valence-corrected chi connectivity index (χ2v) is 8.04. The number of nitrogens with two attached hydrogens (primary N) is 1. The molecule has 0 spiro atoms. The number of hydrogen-bond acceptors (Lipinski definition) is 7. The molecule has 3 rings (SSSR count). The van der Waals surface area contributed by atoms with E-state index in [4.69, 9.17) is 15.0 Å². The van der Waals surface area contributed by atoms with Crippen LogP contribution < -0.4 is 16.1 Å². The molecule has 0 radical (unpaired) electrons. The van der Waals surface area contributed by atoms with Gasteiger partial charge in [0.05, 0.1) is 11.2 Å². The van der Waals surface area contributed by atoms with Crippen LogP contribution in [0.15, 0.2) is 12.4 Å². The maximum Gasteiger partial charge on any atom is 0.498 e. The van der Waals surface area contributed by atoms with Crippen molar-refractivity contribution >= 4 is 18.5 Å². The van der Waals surface area contributed by atoms with Crippen LogP contribution in [0, 0.1) is 0 Å². The van der Waals surface area contributed by atoms with Crippen molar-refractivity contribution in [2.75, 3.05) is 37.6 Å². The lowest BCUT2D eigenvalue weighted by Crippen LogP contribution is -2.53. The van der Waals surface area contributed by atoms with Gasteiger partial charge in [0.25, 0.3) is 0 Å². The zero-order valence-electron chi connectivity index (χ0n) is 16.0. The van der Waals surface area contributed by atoms with Gasteiger partial charge in [0.2, 0.25) is 5.95 Å². The molecule has 1 aromatic rings. The van der Waals surface area contributed by atoms with Gasteiger partial charge >= 0.3 is 7.12 Å². The Balaban J connectivity index is 1.67. The Bertz CT molecular complexity index is 579. The zero-order chi connectivity index (χ0) is 18.2. The van der Waals surface area contributed by atoms with Gasteiger partial charge in [-0.2, -0.15) is 0 Å². The molecule has 2 aliphatic rings. The maximum atomic E-state index is 6.06. The van der Waals surface area contributed by atoms with Crippen molar-refractivity contribution in [2.45, 2.75) is 51.9 Å². The molecule has 0 amide bonds. The van der Waals surface area contributed by atoms with E-state index in [0.29, 0.717) is 12.6 Å². The second kappa shape index (κ2) is 6.83. The van der Waals surface area contributed by atoms with Crippen LogP contribution in [0.1, 0.15) is 34.6 Å². The van der Waals surface area contributed by atoms with Gasteiger partial charge in [0.15, 0.2) is 0 Å². The third kappa shape index (κ3) is 3.67. The highest BCUT2D eigenvalue weighted by Gasteiger charge is 2.52. The monoisotopic (exact) mass is 347 g/mol. The van der Waals surface area contributed by atoms with Crippen molar-refractivity contribution in [2.24, 2.45) is 5.73 Å². The lowest BCUT2D eigenvalue weighted by atomic mass is 9.81. The standard InChI is InChI=1S/C17H30BN5O2/c1-13-12-22(7-6-19)8-9-23(13)15-20-10-14(11-21-15)18-24-16(2,3)17(4,5)25-18/h10-11,13H,6-9,12,19H2,1-5H3. The largest absolute Gasteiger partial charge is 0.498 e. The Morgan fingerprint density at radius 1 is 1.16 bits per heavy atom. The number of piperazine rings is 1. The molecule has 3 heterocycles. The van der Waals surface area contributed by atoms with Crippen LogP contribution in [0.25, 0.3) is 0 Å². The van der Waals surface area contributed by atoms with Gasteiger partial charge in [-0.05, 0) is 34.6 Å². The van der Waals surface area contributed by atoms with E-state index in [9.17, 15) is 0 Å². The molecule has 1 atom stereocenters. The van der Waals surface area contributed by atoms with E-state index in [-0.39, 0.29) is 11.2 Å². The fourth-order valence-corrected chi connectivity index (χ4v) is 3.30. The first-order chi connectivity index (χ1) is 11.7. The average molecular weight is 347 g/mol. The van der Waals surface area contributed by atoms with Crippen LogP contribution in [0.5, 0.6) is 0 Å². The fraction of sp³-hybridized carbons (Fsp3) is 0.765. The van der Waals surface area contributed by atoms with Crippen molar-refractivity contribution in [3.05, 3.63) is 12.4 Å². The predicted octanol–water partition coefficient (Wildman–Crippen LogP) is 0.245. The minimum absolute atomic E-state index is 0.357. The van der Waals surface area contributed by atoms with Crippen molar-refractivity contribution in [1.29, 1.82) is 0 Å². The molecule has 0 aliphatic carbocycles. The van der Waals surface area contributed by atoms with Crippen LogP contribution in [-0.2, 0) is 9.31 Å². The van der Waals surface area contributed by atoms with Crippen LogP contribution in [0.4, 0.5) is 5.95 Å². The minimum Gasteiger partial charge on any atom is -0.399 e. The van der Waals surface area contributed by atoms with Gasteiger partial charge in [0.1, 0.15) is 0 Å². The van der Waals surface area contributed by atoms with E-state index in [2.05, 4.69) is 26.7 Å². The van der Waals surface area contributed by atoms with Crippen molar-refractivity contribution in [3.8, 4) is 0 Å². The van der Waals surface area contributed by atoms with Crippen molar-refractivity contribution in [1.82, 2.24) is 14.9 Å². The summed E-state index contributed by atoms with van der Waals surface area (Å²) < 4.78 is 12.1. The van der Waals surface area contributed by atoms with E-state index >= 15 is 0 Å². The van der Waals surface area contributed by atoms with Crippen molar-refractivity contribution < 1.29 is 9.31 Å². The number of rotatable bonds is 4. The van der Waals surface area contributed by atoms with E-state index in [1.807, 2.05) is 40.1 Å². The number of nitrogens with zero attached hydrogens (tertiary/aromatic N) is 4. The van der Waals surface area contributed by atoms with Crippen LogP contribution in [0.2, 0.25) is 0 Å². The molecule has 2 aliphatic heterocycles. The molecule has 2 fully saturated rings. The molecule has 25 heavy (non-hydrogen) atoms. The van der Waals surface area contributed by atoms with Gasteiger partial charge < -0.3 is 19.9 Å². The first-order valence-electron chi connectivity index (χ1n) is 9.10. The Labute approximate surface area is 151 Å². The molecule has 1 unspecified atom stereocenters. The van der Waals surface area contributed by atoms with E-state index < -0.39 is 7.12 Å². The van der Waals surface area contributed by atoms with Crippen molar-refractivity contribution in [3.63, 3.8) is 0 Å². The molecule has 7 nitrogen and oxygen atoms in total. The summed E-state index contributed by atoms with van der Waals surface area (Å²) in [6.07, 6.45) is 3.65. The summed E-state index contributed by atoms with van der Waals surface area (Å²) in [5, 5.41) is 0. The van der Waals surface area contributed by atoms with Gasteiger partial charge in [-0.25, -0.2) is 9.97 Å². The first kappa shape index (κ1) is 18.6. The topological polar surface area (TPSA) is 76.7 Å². The lowest BCUT2D eigenvalue weighted by molar-refractivity contribution is 0.00578. The van der Waals surface area contributed by atoms with Crippen LogP contribution in [0.3, 0.4) is 0 Å². The normalized spacial score (nSPS) is 26.2. The highest BCUT2D eigenvalue weighted by atomic mass is 16.7. The third-order valence-electron chi connectivity index (χ3n) is 5.60. The van der Waals surface area contributed by atoms with Gasteiger partial charge in [-0.15, -0.1) is 0 Å². The fourth-order valence-electron chi connectivity index (χ4n) is 3.30. The number of aromatic nitrogens is 2. The first-order valence-corrected chi connectivity index (χ1v) is 9.10. The SMILES string of the molecule is CC1CN(CCN)CCN1c1ncc(B2OC(C)(C)C(C)(C)O2)cn1. The highest BCUT2D eigenvalue weighted by Crippen LogP contribution is 2.36. The molecule has 2 saturated heterocycles. The molecule has 8 heteroatoms. The van der Waals surface area contributed by atoms with Crippen LogP contribution in [-0.4, -0.2) is 72.0 Å². The zero-order valence-corrected chi connectivity index (χ0v) is 16.0. The van der Waals surface area contributed by atoms with Gasteiger partial charge in [-0.1, -0.05) is 0 Å². The van der Waals surface area contributed by atoms with Gasteiger partial charge in [-0.3, -0.25) is 4.90 Å². The van der Waals surface area contributed by atoms with E-state index in [1.165, 1.54) is 0 Å². The molecule has 0 saturated carbocycles. The lowest BCUT2D eigenvalue weighted by Gasteiger charge is -2.39. The molecule has 0 bridgehead atoms. The molecule has 138 valence electrons. The predicted molar refractivity (Wildman–Crippen MR) is 100 cm³/mol. The summed E-state index contributed by atoms with van der Waals surface area (Å²) in [5.74, 6) is 0.764. The minimum atomic E-state index is -0.419. The number of anilines is 1. The Morgan fingerprint density at radius 2 is 1.76 bits per heavy atom. The molecule has 2 N–H and O–H groups in total. The van der Waals surface area contributed by atoms with E-state index in [0.717, 1.165) is 37.6 Å². The summed E-state index contributed by atoms with van der Waals surface area (Å²) in [4.78, 5) is 13.8. The summed E-state index contributed by atoms with van der Waals surface area (Å²) in [7, 11) is -0.419. The summed E-state index contributed by atoms with van der Waals surface area (Å²) >= 11 is 0. The number of hydrogen-bond donors (Lipinski definition) is 1.